The molecule has 3 heterocycles. The van der Waals surface area contributed by atoms with Crippen LogP contribution >= 0.6 is 0 Å². The number of halogens is 1. The van der Waals surface area contributed by atoms with Crippen molar-refractivity contribution in [2.75, 3.05) is 31.1 Å². The maximum atomic E-state index is 14.4. The highest BCUT2D eigenvalue weighted by Crippen LogP contribution is 2.59. The molecule has 2 fully saturated rings. The van der Waals surface area contributed by atoms with Crippen molar-refractivity contribution in [1.82, 2.24) is 14.9 Å². The third kappa shape index (κ3) is 6.89. The molecular weight excluding hydrogens is 615 g/mol. The molecule has 1 aromatic heterocycles. The zero-order valence-corrected chi connectivity index (χ0v) is 29.0. The fraction of sp³-hybridized carbons (Fsp3) is 0.541. The van der Waals surface area contributed by atoms with Crippen LogP contribution in [0.25, 0.3) is 11.3 Å². The van der Waals surface area contributed by atoms with Gasteiger partial charge in [-0.25, -0.2) is 18.1 Å². The Morgan fingerprint density at radius 2 is 1.74 bits per heavy atom. The lowest BCUT2D eigenvalue weighted by Crippen LogP contribution is -2.50. The van der Waals surface area contributed by atoms with Gasteiger partial charge in [-0.3, -0.25) is 9.18 Å². The first kappa shape index (κ1) is 33.4. The number of aryl methyl sites for hydroxylation is 2. The summed E-state index contributed by atoms with van der Waals surface area (Å²) in [5.74, 6) is 0.554. The maximum Gasteiger partial charge on any atom is 0.264 e. The Morgan fingerprint density at radius 1 is 1.06 bits per heavy atom. The molecule has 1 saturated heterocycles. The van der Waals surface area contributed by atoms with E-state index in [4.69, 9.17) is 4.74 Å². The summed E-state index contributed by atoms with van der Waals surface area (Å²) in [6.07, 6.45) is 5.01. The highest BCUT2D eigenvalue weighted by Gasteiger charge is 2.51. The highest BCUT2D eigenvalue weighted by atomic mass is 32.2. The summed E-state index contributed by atoms with van der Waals surface area (Å²) in [6.45, 7) is 11.2. The van der Waals surface area contributed by atoms with Crippen LogP contribution in [0.1, 0.15) is 81.9 Å². The van der Waals surface area contributed by atoms with Crippen LogP contribution in [0.5, 0.6) is 5.88 Å². The molecule has 8 nitrogen and oxygen atoms in total. The lowest BCUT2D eigenvalue weighted by atomic mass is 9.52. The van der Waals surface area contributed by atoms with Gasteiger partial charge in [0, 0.05) is 37.1 Å². The largest absolute Gasteiger partial charge is 0.477 e. The topological polar surface area (TPSA) is 101 Å². The number of anilines is 1. The number of carbonyl (C=O) groups excluding carboxylic acids is 1. The van der Waals surface area contributed by atoms with Crippen molar-refractivity contribution in [3.05, 3.63) is 65.2 Å². The van der Waals surface area contributed by atoms with Gasteiger partial charge in [0.05, 0.1) is 23.9 Å². The van der Waals surface area contributed by atoms with E-state index in [0.29, 0.717) is 25.1 Å². The van der Waals surface area contributed by atoms with Crippen LogP contribution in [0.4, 0.5) is 10.3 Å². The van der Waals surface area contributed by atoms with Crippen molar-refractivity contribution in [1.29, 1.82) is 0 Å². The summed E-state index contributed by atoms with van der Waals surface area (Å²) in [7, 11) is -4.03. The van der Waals surface area contributed by atoms with Gasteiger partial charge in [-0.2, -0.15) is 4.98 Å². The molecule has 1 aliphatic carbocycles. The molecule has 10 heteroatoms. The van der Waals surface area contributed by atoms with Gasteiger partial charge in [-0.15, -0.1) is 0 Å². The van der Waals surface area contributed by atoms with Crippen LogP contribution in [0, 0.1) is 36.5 Å². The average Bonchev–Trinajstić information content (AvgIpc) is 3.02. The number of fused-ring (bicyclic) bond motifs is 4. The van der Waals surface area contributed by atoms with Crippen molar-refractivity contribution in [3.8, 4) is 17.1 Å². The van der Waals surface area contributed by atoms with E-state index in [1.807, 2.05) is 63.8 Å². The minimum absolute atomic E-state index is 0.0456. The first-order valence-corrected chi connectivity index (χ1v) is 18.4. The summed E-state index contributed by atoms with van der Waals surface area (Å²) >= 11 is 0. The molecule has 3 aromatic rings. The summed E-state index contributed by atoms with van der Waals surface area (Å²) in [5.41, 5.74) is 3.98. The first-order chi connectivity index (χ1) is 22.3. The number of hydrogen-bond acceptors (Lipinski definition) is 6. The van der Waals surface area contributed by atoms with Crippen molar-refractivity contribution >= 4 is 21.9 Å². The predicted octanol–water partition coefficient (Wildman–Crippen LogP) is 7.47. The SMILES string of the molecule is CCC(=O)N1CCC2(CC1)CC(C1c3cccc(c3)S(=O)(=O)Nc3nc(cc(-c4c(C)cccc4C)n3)OC[C@H]1CC(C)(C)CF)C2. The Morgan fingerprint density at radius 3 is 2.40 bits per heavy atom. The van der Waals surface area contributed by atoms with E-state index in [1.54, 1.807) is 24.3 Å². The van der Waals surface area contributed by atoms with Crippen LogP contribution in [0.15, 0.2) is 53.4 Å². The molecule has 252 valence electrons. The summed E-state index contributed by atoms with van der Waals surface area (Å²) in [4.78, 5) is 23.6. The second-order valence-corrected chi connectivity index (χ2v) is 16.5. The number of alkyl halides is 1. The molecule has 1 spiro atoms. The van der Waals surface area contributed by atoms with E-state index in [-0.39, 0.29) is 45.8 Å². The molecular formula is C37H47FN4O4S. The van der Waals surface area contributed by atoms with Gasteiger partial charge in [0.15, 0.2) is 0 Å². The standard InChI is InChI=1S/C37H47FN4O4S/c1-6-32(43)42-15-13-37(14-16-42)20-27(21-37)34-26-11-8-12-29(17-26)47(44,45)41-35-39-30(33-24(2)9-7-10-25(33)3)18-31(40-35)46-22-28(34)19-36(4,5)23-38/h7-12,17-18,27-28,34H,6,13-16,19-23H2,1-5H3,(H,39,40,41)/t28-,34?/m1/s1. The predicted molar refractivity (Wildman–Crippen MR) is 182 cm³/mol. The van der Waals surface area contributed by atoms with Crippen LogP contribution in [0.3, 0.4) is 0 Å². The Kier molecular flexibility index (Phi) is 9.11. The summed E-state index contributed by atoms with van der Waals surface area (Å²) < 4.78 is 51.2. The molecule has 47 heavy (non-hydrogen) atoms. The number of hydrogen-bond donors (Lipinski definition) is 1. The van der Waals surface area contributed by atoms with E-state index < -0.39 is 22.1 Å². The van der Waals surface area contributed by atoms with Gasteiger partial charge >= 0.3 is 0 Å². The molecule has 4 bridgehead atoms. The number of aromatic nitrogens is 2. The Hall–Kier alpha value is -3.53. The number of sulfonamides is 1. The summed E-state index contributed by atoms with van der Waals surface area (Å²) in [6, 6.07) is 14.9. The quantitative estimate of drug-likeness (QED) is 0.294. The van der Waals surface area contributed by atoms with E-state index >= 15 is 0 Å². The van der Waals surface area contributed by atoms with Crippen molar-refractivity contribution < 1.29 is 22.3 Å². The van der Waals surface area contributed by atoms with Crippen molar-refractivity contribution in [3.63, 3.8) is 0 Å². The van der Waals surface area contributed by atoms with Gasteiger partial charge in [0.1, 0.15) is 0 Å². The molecule has 1 amide bonds. The van der Waals surface area contributed by atoms with E-state index in [2.05, 4.69) is 14.7 Å². The number of rotatable bonds is 6. The second-order valence-electron chi connectivity index (χ2n) is 14.9. The maximum absolute atomic E-state index is 14.4. The van der Waals surface area contributed by atoms with E-state index in [1.165, 1.54) is 0 Å². The summed E-state index contributed by atoms with van der Waals surface area (Å²) in [5, 5.41) is 0. The number of nitrogens with zero attached hydrogens (tertiary/aromatic N) is 3. The normalized spacial score (nSPS) is 22.3. The van der Waals surface area contributed by atoms with Gasteiger partial charge in [0.25, 0.3) is 10.0 Å². The van der Waals surface area contributed by atoms with E-state index in [0.717, 1.165) is 61.0 Å². The number of ether oxygens (including phenoxy) is 1. The molecule has 1 saturated carbocycles. The number of amides is 1. The lowest BCUT2D eigenvalue weighted by Gasteiger charge is -2.56. The zero-order valence-electron chi connectivity index (χ0n) is 28.2. The van der Waals surface area contributed by atoms with Crippen LogP contribution in [-0.4, -0.2) is 55.6 Å². The molecule has 3 aliphatic rings. The van der Waals surface area contributed by atoms with Gasteiger partial charge < -0.3 is 9.64 Å². The first-order valence-electron chi connectivity index (χ1n) is 16.9. The molecule has 2 aliphatic heterocycles. The molecule has 2 aromatic carbocycles. The third-order valence-electron chi connectivity index (χ3n) is 10.7. The van der Waals surface area contributed by atoms with Crippen molar-refractivity contribution in [2.24, 2.45) is 22.7 Å². The smallest absolute Gasteiger partial charge is 0.264 e. The number of nitrogens with one attached hydrogen (secondary N) is 1. The number of piperidine rings is 1. The zero-order chi connectivity index (χ0) is 33.6. The average molecular weight is 663 g/mol. The van der Waals surface area contributed by atoms with Gasteiger partial charge in [-0.05, 0) is 97.4 Å². The van der Waals surface area contributed by atoms with Crippen LogP contribution in [0.2, 0.25) is 0 Å². The molecule has 1 N–H and O–H groups in total. The molecule has 6 rings (SSSR count). The molecule has 0 radical (unpaired) electrons. The fourth-order valence-electron chi connectivity index (χ4n) is 8.30. The minimum atomic E-state index is -4.03. The second kappa shape index (κ2) is 12.8. The van der Waals surface area contributed by atoms with Crippen molar-refractivity contribution in [2.45, 2.75) is 84.0 Å². The van der Waals surface area contributed by atoms with Crippen LogP contribution in [-0.2, 0) is 14.8 Å². The van der Waals surface area contributed by atoms with Gasteiger partial charge in [0.2, 0.25) is 17.7 Å². The monoisotopic (exact) mass is 662 g/mol. The van der Waals surface area contributed by atoms with Gasteiger partial charge in [-0.1, -0.05) is 51.1 Å². The Labute approximate surface area is 278 Å². The number of benzene rings is 2. The lowest BCUT2D eigenvalue weighted by molar-refractivity contribution is -0.135. The minimum Gasteiger partial charge on any atom is -0.477 e. The van der Waals surface area contributed by atoms with Crippen LogP contribution < -0.4 is 9.46 Å². The fourth-order valence-corrected chi connectivity index (χ4v) is 9.30. The highest BCUT2D eigenvalue weighted by molar-refractivity contribution is 7.92. The van der Waals surface area contributed by atoms with E-state index in [9.17, 15) is 17.6 Å². The molecule has 1 unspecified atom stereocenters. The number of carbonyl (C=O) groups is 1. The number of likely N-dealkylation sites (tertiary alicyclic amines) is 1. The Bertz CT molecular complexity index is 1720. The Balaban J connectivity index is 1.39. The third-order valence-corrected chi connectivity index (χ3v) is 12.1. The molecule has 2 atom stereocenters.